The number of ether oxygens (including phenoxy) is 4. The second-order valence-corrected chi connectivity index (χ2v) is 11.1. The van der Waals surface area contributed by atoms with Gasteiger partial charge >= 0.3 is 11.9 Å². The van der Waals surface area contributed by atoms with Crippen molar-refractivity contribution in [3.63, 3.8) is 0 Å². The van der Waals surface area contributed by atoms with Crippen molar-refractivity contribution in [3.05, 3.63) is 119 Å². The van der Waals surface area contributed by atoms with Gasteiger partial charge in [-0.25, -0.2) is 9.59 Å². The summed E-state index contributed by atoms with van der Waals surface area (Å²) in [7, 11) is 2.90. The molecule has 0 amide bonds. The Morgan fingerprint density at radius 2 is 0.958 bits per heavy atom. The minimum absolute atomic E-state index is 0.0225. The van der Waals surface area contributed by atoms with Gasteiger partial charge in [0.25, 0.3) is 0 Å². The van der Waals surface area contributed by atoms with E-state index in [1.54, 1.807) is 60.7 Å². The molecule has 4 rings (SSSR count). The van der Waals surface area contributed by atoms with Crippen LogP contribution < -0.4 is 9.47 Å². The van der Waals surface area contributed by atoms with Crippen molar-refractivity contribution >= 4 is 24.1 Å². The molecule has 10 heteroatoms. The quantitative estimate of drug-likeness (QED) is 0.0880. The van der Waals surface area contributed by atoms with E-state index in [4.69, 9.17) is 18.9 Å². The predicted molar refractivity (Wildman–Crippen MR) is 180 cm³/mol. The van der Waals surface area contributed by atoms with Gasteiger partial charge in [-0.2, -0.15) is 0 Å². The number of carbonyl (C=O) groups is 2. The first-order valence-electron chi connectivity index (χ1n) is 15.1. The molecule has 10 nitrogen and oxygen atoms in total. The largest absolute Gasteiger partial charge is 0.508 e. The minimum atomic E-state index is -0.588. The molecule has 0 aliphatic heterocycles. The van der Waals surface area contributed by atoms with Gasteiger partial charge in [0.2, 0.25) is 0 Å². The van der Waals surface area contributed by atoms with Gasteiger partial charge in [-0.05, 0) is 95.8 Å². The van der Waals surface area contributed by atoms with Gasteiger partial charge in [0.05, 0.1) is 27.4 Å². The highest BCUT2D eigenvalue weighted by atomic mass is 16.5. The molecule has 0 heterocycles. The Balaban J connectivity index is 1.59. The standard InChI is InChI=1S/C38H38O10/c1-45-35-21-27(7-15-33(35)41)19-29(23-47-37(43)17-9-25-3-11-31(39)12-4-25)30(20-28-8-16-34(42)36(22-28)46-2)24-48-38(44)18-10-26-5-13-32(40)14-6-26/h3-18,21-22,29-30,39-42H,19-20,23-24H2,1-2H3. The van der Waals surface area contributed by atoms with Crippen molar-refractivity contribution in [1.82, 2.24) is 0 Å². The van der Waals surface area contributed by atoms with E-state index in [-0.39, 0.29) is 59.5 Å². The number of methoxy groups -OCH3 is 2. The van der Waals surface area contributed by atoms with Crippen molar-refractivity contribution < 1.29 is 49.0 Å². The van der Waals surface area contributed by atoms with Crippen molar-refractivity contribution in [1.29, 1.82) is 0 Å². The number of hydrogen-bond acceptors (Lipinski definition) is 10. The molecule has 4 aromatic rings. The summed E-state index contributed by atoms with van der Waals surface area (Å²) in [5, 5.41) is 39.3. The molecule has 0 spiro atoms. The first kappa shape index (κ1) is 35.0. The summed E-state index contributed by atoms with van der Waals surface area (Å²) in [5.41, 5.74) is 2.97. The minimum Gasteiger partial charge on any atom is -0.508 e. The molecule has 0 aromatic heterocycles. The average Bonchev–Trinajstić information content (AvgIpc) is 3.09. The highest BCUT2D eigenvalue weighted by molar-refractivity contribution is 5.87. The summed E-state index contributed by atoms with van der Waals surface area (Å²) >= 11 is 0. The van der Waals surface area contributed by atoms with E-state index >= 15 is 0 Å². The maximum Gasteiger partial charge on any atom is 0.330 e. The van der Waals surface area contributed by atoms with Crippen LogP contribution in [0.5, 0.6) is 34.5 Å². The molecule has 250 valence electrons. The van der Waals surface area contributed by atoms with Gasteiger partial charge in [0.15, 0.2) is 23.0 Å². The number of rotatable bonds is 15. The third kappa shape index (κ3) is 10.6. The summed E-state index contributed by atoms with van der Waals surface area (Å²) in [6.07, 6.45) is 6.47. The average molecular weight is 655 g/mol. The Morgan fingerprint density at radius 1 is 0.583 bits per heavy atom. The van der Waals surface area contributed by atoms with Crippen molar-refractivity contribution in [2.45, 2.75) is 12.8 Å². The first-order valence-corrected chi connectivity index (χ1v) is 15.1. The molecule has 0 radical (unpaired) electrons. The van der Waals surface area contributed by atoms with E-state index in [1.165, 1.54) is 62.8 Å². The van der Waals surface area contributed by atoms with Crippen LogP contribution in [-0.2, 0) is 31.9 Å². The van der Waals surface area contributed by atoms with E-state index in [2.05, 4.69) is 0 Å². The molecule has 0 saturated heterocycles. The van der Waals surface area contributed by atoms with Crippen LogP contribution in [0.15, 0.2) is 97.1 Å². The van der Waals surface area contributed by atoms with Gasteiger partial charge in [-0.3, -0.25) is 0 Å². The zero-order valence-electron chi connectivity index (χ0n) is 26.6. The predicted octanol–water partition coefficient (Wildman–Crippen LogP) is 6.06. The molecule has 2 atom stereocenters. The van der Waals surface area contributed by atoms with Crippen LogP contribution in [0, 0.1) is 11.8 Å². The normalized spacial score (nSPS) is 12.5. The van der Waals surface area contributed by atoms with E-state index in [0.29, 0.717) is 24.0 Å². The number of benzene rings is 4. The van der Waals surface area contributed by atoms with E-state index in [0.717, 1.165) is 11.1 Å². The Bertz CT molecular complexity index is 1600. The lowest BCUT2D eigenvalue weighted by Crippen LogP contribution is -2.30. The van der Waals surface area contributed by atoms with Gasteiger partial charge in [0.1, 0.15) is 11.5 Å². The van der Waals surface area contributed by atoms with Crippen molar-refractivity contribution in [2.75, 3.05) is 27.4 Å². The summed E-state index contributed by atoms with van der Waals surface area (Å²) in [4.78, 5) is 25.7. The number of phenols is 4. The second kappa shape index (κ2) is 17.1. The van der Waals surface area contributed by atoms with Crippen LogP contribution >= 0.6 is 0 Å². The lowest BCUT2D eigenvalue weighted by atomic mass is 9.83. The zero-order chi connectivity index (χ0) is 34.5. The molecule has 0 bridgehead atoms. The zero-order valence-corrected chi connectivity index (χ0v) is 26.6. The first-order chi connectivity index (χ1) is 23.1. The highest BCUT2D eigenvalue weighted by Gasteiger charge is 2.26. The Morgan fingerprint density at radius 3 is 1.31 bits per heavy atom. The number of esters is 2. The second-order valence-electron chi connectivity index (χ2n) is 11.1. The van der Waals surface area contributed by atoms with Gasteiger partial charge < -0.3 is 39.4 Å². The maximum atomic E-state index is 12.8. The van der Waals surface area contributed by atoms with Gasteiger partial charge in [-0.15, -0.1) is 0 Å². The van der Waals surface area contributed by atoms with Crippen LogP contribution in [0.3, 0.4) is 0 Å². The van der Waals surface area contributed by atoms with Crippen LogP contribution in [0.1, 0.15) is 22.3 Å². The topological polar surface area (TPSA) is 152 Å². The maximum absolute atomic E-state index is 12.8. The molecule has 4 aromatic carbocycles. The van der Waals surface area contributed by atoms with E-state index in [9.17, 15) is 30.0 Å². The molecule has 0 fully saturated rings. The third-order valence-electron chi connectivity index (χ3n) is 7.64. The van der Waals surface area contributed by atoms with Gasteiger partial charge in [-0.1, -0.05) is 36.4 Å². The molecular formula is C38H38O10. The van der Waals surface area contributed by atoms with Crippen molar-refractivity contribution in [2.24, 2.45) is 11.8 Å². The monoisotopic (exact) mass is 654 g/mol. The summed E-state index contributed by atoms with van der Waals surface area (Å²) in [5.74, 6) is -1.22. The Labute approximate surface area is 278 Å². The highest BCUT2D eigenvalue weighted by Crippen LogP contribution is 2.32. The lowest BCUT2D eigenvalue weighted by molar-refractivity contribution is -0.143. The number of carbonyl (C=O) groups excluding carboxylic acids is 2. The van der Waals surface area contributed by atoms with Crippen LogP contribution in [0.2, 0.25) is 0 Å². The molecule has 4 N–H and O–H groups in total. The van der Waals surface area contributed by atoms with Gasteiger partial charge in [0, 0.05) is 24.0 Å². The van der Waals surface area contributed by atoms with Crippen LogP contribution in [0.25, 0.3) is 12.2 Å². The lowest BCUT2D eigenvalue weighted by Gasteiger charge is -2.27. The van der Waals surface area contributed by atoms with E-state index in [1.807, 2.05) is 0 Å². The summed E-state index contributed by atoms with van der Waals surface area (Å²) < 4.78 is 22.0. The third-order valence-corrected chi connectivity index (χ3v) is 7.64. The Kier molecular flexibility index (Phi) is 12.5. The molecule has 0 aliphatic carbocycles. The smallest absolute Gasteiger partial charge is 0.330 e. The van der Waals surface area contributed by atoms with E-state index < -0.39 is 11.9 Å². The fourth-order valence-electron chi connectivity index (χ4n) is 5.00. The molecule has 2 unspecified atom stereocenters. The fourth-order valence-corrected chi connectivity index (χ4v) is 5.00. The summed E-state index contributed by atoms with van der Waals surface area (Å²) in [6, 6.07) is 22.6. The number of phenolic OH excluding ortho intramolecular Hbond substituents is 4. The fraction of sp³-hybridized carbons (Fsp3) is 0.211. The number of aromatic hydroxyl groups is 4. The molecule has 48 heavy (non-hydrogen) atoms. The molecule has 0 saturated carbocycles. The van der Waals surface area contributed by atoms with Crippen molar-refractivity contribution in [3.8, 4) is 34.5 Å². The van der Waals surface area contributed by atoms with Crippen LogP contribution in [0.4, 0.5) is 0 Å². The summed E-state index contributed by atoms with van der Waals surface area (Å²) in [6.45, 7) is -0.0779. The Hall–Kier alpha value is -5.90. The molecule has 0 aliphatic rings. The molecular weight excluding hydrogens is 616 g/mol. The van der Waals surface area contributed by atoms with Crippen LogP contribution in [-0.4, -0.2) is 59.8 Å². The SMILES string of the molecule is COc1cc(CC(COC(=O)C=Cc2ccc(O)cc2)C(COC(=O)C=Cc2ccc(O)cc2)Cc2ccc(O)c(OC)c2)ccc1O. The number of hydrogen-bond donors (Lipinski definition) is 4.